The molecule has 0 spiro atoms. The van der Waals surface area contributed by atoms with Gasteiger partial charge in [0.15, 0.2) is 0 Å². The highest BCUT2D eigenvalue weighted by molar-refractivity contribution is 5.71. The minimum atomic E-state index is -0.115. The summed E-state index contributed by atoms with van der Waals surface area (Å²) in [4.78, 5) is 13.4. The Hall–Kier alpha value is -0.570. The van der Waals surface area contributed by atoms with Crippen molar-refractivity contribution in [3.05, 3.63) is 0 Å². The maximum absolute atomic E-state index is 11.2. The van der Waals surface area contributed by atoms with Crippen LogP contribution in [-0.4, -0.2) is 38.1 Å². The molecule has 0 aromatic carbocycles. The molecule has 15 heavy (non-hydrogen) atoms. The van der Waals surface area contributed by atoms with E-state index in [0.717, 1.165) is 13.1 Å². The van der Waals surface area contributed by atoms with Crippen molar-refractivity contribution in [1.29, 1.82) is 0 Å². The molecular weight excluding hydrogens is 190 g/mol. The average Bonchev–Trinajstić information content (AvgIpc) is 2.23. The summed E-state index contributed by atoms with van der Waals surface area (Å²) in [5, 5.41) is 0. The topological polar surface area (TPSA) is 29.5 Å². The third kappa shape index (κ3) is 7.37. The van der Waals surface area contributed by atoms with Gasteiger partial charge >= 0.3 is 5.97 Å². The molecule has 0 aromatic heterocycles. The number of carbonyl (C=O) groups is 1. The third-order valence-electron chi connectivity index (χ3n) is 2.58. The first-order valence-corrected chi connectivity index (χ1v) is 5.88. The first-order valence-electron chi connectivity index (χ1n) is 5.88. The molecule has 0 amide bonds. The van der Waals surface area contributed by atoms with Gasteiger partial charge in [0, 0.05) is 6.54 Å². The van der Waals surface area contributed by atoms with Gasteiger partial charge in [-0.15, -0.1) is 0 Å². The second-order valence-electron chi connectivity index (χ2n) is 4.25. The summed E-state index contributed by atoms with van der Waals surface area (Å²) >= 11 is 0. The van der Waals surface area contributed by atoms with Crippen LogP contribution in [-0.2, 0) is 9.53 Å². The first kappa shape index (κ1) is 14.4. The number of ether oxygens (including phenoxy) is 1. The van der Waals surface area contributed by atoms with Gasteiger partial charge < -0.3 is 9.64 Å². The lowest BCUT2D eigenvalue weighted by Crippen LogP contribution is -2.30. The van der Waals surface area contributed by atoms with E-state index in [9.17, 15) is 4.79 Å². The lowest BCUT2D eigenvalue weighted by Gasteiger charge is -2.19. The van der Waals surface area contributed by atoms with Crippen LogP contribution >= 0.6 is 0 Å². The van der Waals surface area contributed by atoms with Gasteiger partial charge in [-0.25, -0.2) is 0 Å². The number of carbonyl (C=O) groups excluding carboxylic acids is 1. The van der Waals surface area contributed by atoms with Gasteiger partial charge in [0.1, 0.15) is 0 Å². The summed E-state index contributed by atoms with van der Waals surface area (Å²) in [7, 11) is 3.51. The third-order valence-corrected chi connectivity index (χ3v) is 2.58. The van der Waals surface area contributed by atoms with Crippen LogP contribution in [0.5, 0.6) is 0 Å². The van der Waals surface area contributed by atoms with Gasteiger partial charge in [0.2, 0.25) is 0 Å². The summed E-state index contributed by atoms with van der Waals surface area (Å²) in [6.07, 6.45) is 5.08. The van der Waals surface area contributed by atoms with E-state index in [-0.39, 0.29) is 11.9 Å². The molecule has 0 aromatic rings. The van der Waals surface area contributed by atoms with Crippen LogP contribution in [0.2, 0.25) is 0 Å². The lowest BCUT2D eigenvalue weighted by molar-refractivity contribution is -0.145. The molecule has 0 radical (unpaired) electrons. The molecule has 0 bridgehead atoms. The Bertz CT molecular complexity index is 171. The van der Waals surface area contributed by atoms with Crippen molar-refractivity contribution in [2.24, 2.45) is 5.92 Å². The van der Waals surface area contributed by atoms with Crippen LogP contribution in [0, 0.1) is 5.92 Å². The van der Waals surface area contributed by atoms with E-state index in [1.54, 1.807) is 0 Å². The highest BCUT2D eigenvalue weighted by Crippen LogP contribution is 2.04. The molecule has 0 aliphatic rings. The fourth-order valence-electron chi connectivity index (χ4n) is 1.64. The quantitative estimate of drug-likeness (QED) is 0.459. The zero-order valence-electron chi connectivity index (χ0n) is 10.6. The molecule has 0 rings (SSSR count). The molecule has 1 unspecified atom stereocenters. The van der Waals surface area contributed by atoms with Crippen molar-refractivity contribution in [3.8, 4) is 0 Å². The van der Waals surface area contributed by atoms with E-state index in [4.69, 9.17) is 4.74 Å². The van der Waals surface area contributed by atoms with Crippen LogP contribution in [0.4, 0.5) is 0 Å². The Labute approximate surface area is 93.8 Å². The predicted octanol–water partition coefficient (Wildman–Crippen LogP) is 2.31. The second kappa shape index (κ2) is 8.72. The molecule has 0 heterocycles. The Morgan fingerprint density at radius 3 is 2.53 bits per heavy atom. The number of nitrogens with zero attached hydrogens (tertiary/aromatic N) is 1. The minimum Gasteiger partial charge on any atom is -0.469 e. The van der Waals surface area contributed by atoms with Gasteiger partial charge in [-0.3, -0.25) is 4.79 Å². The first-order chi connectivity index (χ1) is 7.11. The summed E-state index contributed by atoms with van der Waals surface area (Å²) in [6, 6.07) is 0. The van der Waals surface area contributed by atoms with E-state index in [2.05, 4.69) is 18.9 Å². The van der Waals surface area contributed by atoms with Crippen LogP contribution in [0.1, 0.15) is 39.5 Å². The highest BCUT2D eigenvalue weighted by atomic mass is 16.5. The van der Waals surface area contributed by atoms with E-state index in [1.807, 2.05) is 6.92 Å². The van der Waals surface area contributed by atoms with E-state index in [0.29, 0.717) is 0 Å². The van der Waals surface area contributed by atoms with Crippen molar-refractivity contribution < 1.29 is 9.53 Å². The van der Waals surface area contributed by atoms with Crippen molar-refractivity contribution in [2.75, 3.05) is 27.2 Å². The Morgan fingerprint density at radius 2 is 2.00 bits per heavy atom. The molecule has 0 saturated heterocycles. The maximum Gasteiger partial charge on any atom is 0.309 e. The summed E-state index contributed by atoms with van der Waals surface area (Å²) in [6.45, 7) is 5.98. The standard InChI is InChI=1S/C12H25NO2/c1-5-6-7-8-9-13(3)10-11(2)12(14)15-4/h11H,5-10H2,1-4H3. The number of unbranched alkanes of at least 4 members (excludes halogenated alkanes) is 3. The molecule has 0 aliphatic carbocycles. The molecule has 3 nitrogen and oxygen atoms in total. The molecule has 1 atom stereocenters. The molecule has 0 fully saturated rings. The van der Waals surface area contributed by atoms with E-state index in [1.165, 1.54) is 32.8 Å². The maximum atomic E-state index is 11.2. The summed E-state index contributed by atoms with van der Waals surface area (Å²) < 4.78 is 4.69. The van der Waals surface area contributed by atoms with Crippen molar-refractivity contribution >= 4 is 5.97 Å². The highest BCUT2D eigenvalue weighted by Gasteiger charge is 2.14. The normalized spacial score (nSPS) is 12.9. The number of esters is 1. The van der Waals surface area contributed by atoms with Crippen molar-refractivity contribution in [2.45, 2.75) is 39.5 Å². The SMILES string of the molecule is CCCCCCN(C)CC(C)C(=O)OC. The van der Waals surface area contributed by atoms with E-state index >= 15 is 0 Å². The number of rotatable bonds is 8. The van der Waals surface area contributed by atoms with Crippen LogP contribution in [0.15, 0.2) is 0 Å². The van der Waals surface area contributed by atoms with Gasteiger partial charge in [-0.1, -0.05) is 33.1 Å². The van der Waals surface area contributed by atoms with Gasteiger partial charge in [0.25, 0.3) is 0 Å². The van der Waals surface area contributed by atoms with E-state index < -0.39 is 0 Å². The molecule has 90 valence electrons. The van der Waals surface area contributed by atoms with Gasteiger partial charge in [-0.2, -0.15) is 0 Å². The Balaban J connectivity index is 3.55. The molecule has 3 heteroatoms. The fraction of sp³-hybridized carbons (Fsp3) is 0.917. The average molecular weight is 215 g/mol. The molecule has 0 N–H and O–H groups in total. The van der Waals surface area contributed by atoms with Crippen LogP contribution in [0.25, 0.3) is 0 Å². The molecular formula is C12H25NO2. The second-order valence-corrected chi connectivity index (χ2v) is 4.25. The van der Waals surface area contributed by atoms with Gasteiger partial charge in [0.05, 0.1) is 13.0 Å². The van der Waals surface area contributed by atoms with Crippen molar-refractivity contribution in [1.82, 2.24) is 4.90 Å². The summed E-state index contributed by atoms with van der Waals surface area (Å²) in [5.74, 6) is -0.137. The largest absolute Gasteiger partial charge is 0.469 e. The van der Waals surface area contributed by atoms with Gasteiger partial charge in [-0.05, 0) is 20.0 Å². The smallest absolute Gasteiger partial charge is 0.309 e. The molecule has 0 saturated carbocycles. The zero-order valence-corrected chi connectivity index (χ0v) is 10.6. The summed E-state index contributed by atoms with van der Waals surface area (Å²) in [5.41, 5.74) is 0. The molecule has 0 aliphatic heterocycles. The van der Waals surface area contributed by atoms with Crippen LogP contribution < -0.4 is 0 Å². The number of hydrogen-bond donors (Lipinski definition) is 0. The number of hydrogen-bond acceptors (Lipinski definition) is 3. The van der Waals surface area contributed by atoms with Crippen LogP contribution in [0.3, 0.4) is 0 Å². The number of methoxy groups -OCH3 is 1. The monoisotopic (exact) mass is 215 g/mol. The zero-order chi connectivity index (χ0) is 11.7. The predicted molar refractivity (Wildman–Crippen MR) is 62.8 cm³/mol. The fourth-order valence-corrected chi connectivity index (χ4v) is 1.64. The minimum absolute atomic E-state index is 0.0221. The lowest BCUT2D eigenvalue weighted by atomic mass is 10.1. The Kier molecular flexibility index (Phi) is 8.38. The van der Waals surface area contributed by atoms with Crippen molar-refractivity contribution in [3.63, 3.8) is 0 Å². The Morgan fingerprint density at radius 1 is 1.33 bits per heavy atom.